The van der Waals surface area contributed by atoms with Crippen LogP contribution in [0.2, 0.25) is 0 Å². The molecular weight excluding hydrogens is 474 g/mol. The van der Waals surface area contributed by atoms with Crippen molar-refractivity contribution in [2.75, 3.05) is 16.8 Å². The molecule has 10 nitrogen and oxygen atoms in total. The molecule has 0 aromatic carbocycles. The molecule has 0 saturated carbocycles. The molecule has 2 aliphatic rings. The molecule has 32 heavy (non-hydrogen) atoms. The van der Waals surface area contributed by atoms with Crippen molar-refractivity contribution < 1.29 is 22.8 Å². The molecule has 13 heteroatoms. The highest BCUT2D eigenvalue weighted by atomic mass is 32.2. The van der Waals surface area contributed by atoms with Crippen molar-refractivity contribution >= 4 is 61.1 Å². The lowest BCUT2D eigenvalue weighted by atomic mass is 10.1. The van der Waals surface area contributed by atoms with Crippen molar-refractivity contribution in [3.8, 4) is 10.6 Å². The molecule has 0 spiro atoms. The van der Waals surface area contributed by atoms with E-state index in [1.165, 1.54) is 34.6 Å². The van der Waals surface area contributed by atoms with Crippen molar-refractivity contribution in [3.63, 3.8) is 0 Å². The van der Waals surface area contributed by atoms with Crippen LogP contribution in [0.15, 0.2) is 22.6 Å². The number of nitrogens with zero attached hydrogens (tertiary/aromatic N) is 3. The first-order chi connectivity index (χ1) is 15.2. The van der Waals surface area contributed by atoms with Crippen LogP contribution in [0, 0.1) is 0 Å². The van der Waals surface area contributed by atoms with Gasteiger partial charge in [0.25, 0.3) is 5.91 Å². The standard InChI is InChI=1S/C19H21N5O5S3/c1-11(25)20-8-13-2-4-16(31-13)15-9-30-19(21-15)22-18(27)14-3-5-17(26)24(23-14)12-6-7-32(28,29)10-12/h2,4,9,12H,3,5-8,10H2,1H3,(H,20,25)(H,21,22,27)/t12-/m0/s1. The van der Waals surface area contributed by atoms with E-state index in [2.05, 4.69) is 20.7 Å². The molecular formula is C19H21N5O5S3. The predicted octanol–water partition coefficient (Wildman–Crippen LogP) is 1.61. The summed E-state index contributed by atoms with van der Waals surface area (Å²) in [6.45, 7) is 1.91. The lowest BCUT2D eigenvalue weighted by molar-refractivity contribution is -0.133. The molecule has 3 amide bonds. The number of nitrogens with one attached hydrogen (secondary N) is 2. The number of thiophene rings is 1. The molecule has 2 aromatic rings. The number of hydrogen-bond donors (Lipinski definition) is 2. The summed E-state index contributed by atoms with van der Waals surface area (Å²) in [5, 5.41) is 13.0. The number of carbonyl (C=O) groups excluding carboxylic acids is 3. The Bertz CT molecular complexity index is 1200. The second-order valence-electron chi connectivity index (χ2n) is 7.51. The predicted molar refractivity (Wildman–Crippen MR) is 122 cm³/mol. The average Bonchev–Trinajstić information content (AvgIpc) is 3.46. The zero-order valence-electron chi connectivity index (χ0n) is 17.2. The summed E-state index contributed by atoms with van der Waals surface area (Å²) < 4.78 is 23.5. The van der Waals surface area contributed by atoms with Crippen LogP contribution >= 0.6 is 22.7 Å². The van der Waals surface area contributed by atoms with Crippen LogP contribution in [0.4, 0.5) is 5.13 Å². The van der Waals surface area contributed by atoms with E-state index in [1.807, 2.05) is 17.5 Å². The normalized spacial score (nSPS) is 20.2. The molecule has 4 rings (SSSR count). The Balaban J connectivity index is 1.42. The summed E-state index contributed by atoms with van der Waals surface area (Å²) in [7, 11) is -3.18. The number of thiazole rings is 1. The van der Waals surface area contributed by atoms with Gasteiger partial charge in [0.05, 0.1) is 34.7 Å². The summed E-state index contributed by atoms with van der Waals surface area (Å²) in [5.41, 5.74) is 0.891. The van der Waals surface area contributed by atoms with E-state index in [4.69, 9.17) is 0 Å². The van der Waals surface area contributed by atoms with Crippen LogP contribution in [-0.2, 0) is 30.8 Å². The van der Waals surface area contributed by atoms with Gasteiger partial charge in [-0.05, 0) is 18.6 Å². The second kappa shape index (κ2) is 9.08. The minimum absolute atomic E-state index is 0.0234. The Morgan fingerprint density at radius 3 is 2.81 bits per heavy atom. The molecule has 0 radical (unpaired) electrons. The van der Waals surface area contributed by atoms with Crippen molar-refractivity contribution in [1.29, 1.82) is 0 Å². The van der Waals surface area contributed by atoms with Crippen LogP contribution < -0.4 is 10.6 Å². The van der Waals surface area contributed by atoms with Gasteiger partial charge in [-0.3, -0.25) is 19.7 Å². The molecule has 0 bridgehead atoms. The highest BCUT2D eigenvalue weighted by Crippen LogP contribution is 2.31. The molecule has 0 aliphatic carbocycles. The van der Waals surface area contributed by atoms with Crippen LogP contribution in [-0.4, -0.2) is 59.4 Å². The smallest absolute Gasteiger partial charge is 0.273 e. The third-order valence-electron chi connectivity index (χ3n) is 5.03. The molecule has 2 N–H and O–H groups in total. The zero-order valence-corrected chi connectivity index (χ0v) is 19.6. The van der Waals surface area contributed by atoms with Gasteiger partial charge in [0.2, 0.25) is 11.8 Å². The van der Waals surface area contributed by atoms with Gasteiger partial charge in [-0.25, -0.2) is 18.4 Å². The zero-order chi connectivity index (χ0) is 22.9. The van der Waals surface area contributed by atoms with Gasteiger partial charge in [0, 0.05) is 30.0 Å². The number of aromatic nitrogens is 1. The van der Waals surface area contributed by atoms with Gasteiger partial charge < -0.3 is 5.32 Å². The van der Waals surface area contributed by atoms with Crippen LogP contribution in [0.3, 0.4) is 0 Å². The maximum atomic E-state index is 12.7. The molecule has 1 atom stereocenters. The number of amides is 3. The minimum Gasteiger partial charge on any atom is -0.351 e. The lowest BCUT2D eigenvalue weighted by Gasteiger charge is -2.27. The van der Waals surface area contributed by atoms with Gasteiger partial charge in [0.1, 0.15) is 5.71 Å². The highest BCUT2D eigenvalue weighted by molar-refractivity contribution is 7.91. The number of anilines is 1. The minimum atomic E-state index is -3.18. The van der Waals surface area contributed by atoms with E-state index in [-0.39, 0.29) is 41.9 Å². The van der Waals surface area contributed by atoms with Crippen LogP contribution in [0.1, 0.15) is 31.1 Å². The lowest BCUT2D eigenvalue weighted by Crippen LogP contribution is -2.42. The summed E-state index contributed by atoms with van der Waals surface area (Å²) in [6.07, 6.45) is 0.627. The molecule has 4 heterocycles. The average molecular weight is 496 g/mol. The maximum absolute atomic E-state index is 12.7. The molecule has 2 aromatic heterocycles. The van der Waals surface area contributed by atoms with E-state index in [1.54, 1.807) is 0 Å². The van der Waals surface area contributed by atoms with Gasteiger partial charge in [-0.2, -0.15) is 5.10 Å². The number of hydrogen-bond acceptors (Lipinski definition) is 9. The van der Waals surface area contributed by atoms with Crippen molar-refractivity contribution in [1.82, 2.24) is 15.3 Å². The largest absolute Gasteiger partial charge is 0.351 e. The number of hydrazone groups is 1. The summed E-state index contributed by atoms with van der Waals surface area (Å²) in [5.74, 6) is -0.929. The Morgan fingerprint density at radius 2 is 2.09 bits per heavy atom. The summed E-state index contributed by atoms with van der Waals surface area (Å²) >= 11 is 2.77. The Labute approximate surface area is 192 Å². The highest BCUT2D eigenvalue weighted by Gasteiger charge is 2.37. The van der Waals surface area contributed by atoms with Gasteiger partial charge >= 0.3 is 0 Å². The molecule has 1 fully saturated rings. The van der Waals surface area contributed by atoms with Crippen LogP contribution in [0.5, 0.6) is 0 Å². The number of sulfone groups is 1. The molecule has 0 unspecified atom stereocenters. The fraction of sp³-hybridized carbons (Fsp3) is 0.421. The topological polar surface area (TPSA) is 138 Å². The quantitative estimate of drug-likeness (QED) is 0.624. The van der Waals surface area contributed by atoms with E-state index in [9.17, 15) is 22.8 Å². The van der Waals surface area contributed by atoms with Crippen molar-refractivity contribution in [2.45, 2.75) is 38.8 Å². The van der Waals surface area contributed by atoms with E-state index in [0.29, 0.717) is 23.8 Å². The second-order valence-corrected chi connectivity index (χ2v) is 11.8. The first-order valence-corrected chi connectivity index (χ1v) is 13.4. The van der Waals surface area contributed by atoms with Crippen molar-refractivity contribution in [3.05, 3.63) is 22.4 Å². The van der Waals surface area contributed by atoms with Crippen molar-refractivity contribution in [2.24, 2.45) is 5.10 Å². The van der Waals surface area contributed by atoms with Gasteiger partial charge in [-0.1, -0.05) is 0 Å². The molecule has 1 saturated heterocycles. The maximum Gasteiger partial charge on any atom is 0.273 e. The summed E-state index contributed by atoms with van der Waals surface area (Å²) in [6, 6.07) is 3.30. The fourth-order valence-electron chi connectivity index (χ4n) is 3.42. The van der Waals surface area contributed by atoms with E-state index in [0.717, 1.165) is 9.75 Å². The molecule has 170 valence electrons. The number of rotatable bonds is 6. The van der Waals surface area contributed by atoms with Crippen LogP contribution in [0.25, 0.3) is 10.6 Å². The van der Waals surface area contributed by atoms with E-state index < -0.39 is 21.8 Å². The summed E-state index contributed by atoms with van der Waals surface area (Å²) in [4.78, 5) is 42.3. The first-order valence-electron chi connectivity index (χ1n) is 9.90. The Kier molecular flexibility index (Phi) is 6.40. The SMILES string of the molecule is CC(=O)NCc1ccc(-c2csc(NC(=O)C3=NN([C@H]4CCS(=O)(=O)C4)C(=O)CC3)n2)s1. The third-order valence-corrected chi connectivity index (χ3v) is 8.64. The monoisotopic (exact) mass is 495 g/mol. The van der Waals surface area contributed by atoms with Gasteiger partial charge in [-0.15, -0.1) is 22.7 Å². The fourth-order valence-corrected chi connectivity index (χ4v) is 6.80. The first kappa shape index (κ1) is 22.6. The number of carbonyl (C=O) groups is 3. The Hall–Kier alpha value is -2.64. The Morgan fingerprint density at radius 1 is 1.28 bits per heavy atom. The third kappa shape index (κ3) is 5.22. The van der Waals surface area contributed by atoms with Gasteiger partial charge in [0.15, 0.2) is 15.0 Å². The van der Waals surface area contributed by atoms with E-state index >= 15 is 0 Å². The molecule has 2 aliphatic heterocycles.